The minimum atomic E-state index is -3.73. The number of phenolic OH excluding ortho intramolecular Hbond substituents is 2. The summed E-state index contributed by atoms with van der Waals surface area (Å²) in [6.45, 7) is 0. The second-order valence-corrected chi connectivity index (χ2v) is 5.66. The molecule has 1 aliphatic heterocycles. The molecule has 0 radical (unpaired) electrons. The van der Waals surface area contributed by atoms with Crippen molar-refractivity contribution in [3.63, 3.8) is 0 Å². The molecule has 0 amide bonds. The van der Waals surface area contributed by atoms with Crippen molar-refractivity contribution in [2.24, 2.45) is 0 Å². The molecule has 0 spiro atoms. The van der Waals surface area contributed by atoms with Gasteiger partial charge in [0, 0.05) is 11.1 Å². The molecule has 0 aromatic heterocycles. The van der Waals surface area contributed by atoms with Gasteiger partial charge in [0.2, 0.25) is 9.84 Å². The van der Waals surface area contributed by atoms with E-state index in [0.29, 0.717) is 11.1 Å². The van der Waals surface area contributed by atoms with Crippen molar-refractivity contribution in [1.29, 1.82) is 0 Å². The summed E-state index contributed by atoms with van der Waals surface area (Å²) >= 11 is 0. The molecule has 2 N–H and O–H groups in total. The third-order valence-corrected chi connectivity index (χ3v) is 4.73. The summed E-state index contributed by atoms with van der Waals surface area (Å²) in [6.07, 6.45) is 0. The van der Waals surface area contributed by atoms with Gasteiger partial charge >= 0.3 is 0 Å². The van der Waals surface area contributed by atoms with Crippen molar-refractivity contribution in [3.05, 3.63) is 36.4 Å². The minimum absolute atomic E-state index is 0.163. The number of benzene rings is 2. The highest BCUT2D eigenvalue weighted by atomic mass is 32.2. The van der Waals surface area contributed by atoms with Gasteiger partial charge in [0.1, 0.15) is 4.90 Å². The Bertz CT molecular complexity index is 732. The van der Waals surface area contributed by atoms with Crippen molar-refractivity contribution in [2.45, 2.75) is 9.79 Å². The zero-order chi connectivity index (χ0) is 12.2. The third-order valence-electron chi connectivity index (χ3n) is 2.85. The molecule has 1 heterocycles. The minimum Gasteiger partial charge on any atom is -0.504 e. The summed E-state index contributed by atoms with van der Waals surface area (Å²) in [4.78, 5) is -0.0467. The molecule has 2 aromatic carbocycles. The number of hydrogen-bond donors (Lipinski definition) is 2. The second-order valence-electron chi connectivity index (χ2n) is 3.81. The van der Waals surface area contributed by atoms with Gasteiger partial charge in [-0.05, 0) is 18.2 Å². The van der Waals surface area contributed by atoms with Crippen molar-refractivity contribution in [1.82, 2.24) is 0 Å². The van der Waals surface area contributed by atoms with Gasteiger partial charge in [-0.3, -0.25) is 0 Å². The SMILES string of the molecule is O=S1(=O)c2ccccc2-c2ccc(O)c(O)c21. The molecule has 17 heavy (non-hydrogen) atoms. The summed E-state index contributed by atoms with van der Waals surface area (Å²) in [6, 6.07) is 9.29. The van der Waals surface area contributed by atoms with Gasteiger partial charge in [-0.25, -0.2) is 8.42 Å². The molecule has 5 heteroatoms. The lowest BCUT2D eigenvalue weighted by molar-refractivity contribution is 0.394. The van der Waals surface area contributed by atoms with Gasteiger partial charge < -0.3 is 10.2 Å². The van der Waals surface area contributed by atoms with Crippen LogP contribution in [0.5, 0.6) is 11.5 Å². The maximum absolute atomic E-state index is 12.2. The van der Waals surface area contributed by atoms with Gasteiger partial charge in [0.15, 0.2) is 11.5 Å². The number of hydrogen-bond acceptors (Lipinski definition) is 4. The zero-order valence-corrected chi connectivity index (χ0v) is 9.40. The lowest BCUT2D eigenvalue weighted by Gasteiger charge is -2.03. The zero-order valence-electron chi connectivity index (χ0n) is 8.58. The number of sulfone groups is 1. The molecule has 0 aliphatic carbocycles. The van der Waals surface area contributed by atoms with Crippen LogP contribution in [0.2, 0.25) is 0 Å². The van der Waals surface area contributed by atoms with Crippen LogP contribution in [0.1, 0.15) is 0 Å². The monoisotopic (exact) mass is 248 g/mol. The third kappa shape index (κ3) is 1.14. The predicted molar refractivity (Wildman–Crippen MR) is 60.7 cm³/mol. The van der Waals surface area contributed by atoms with Gasteiger partial charge in [0.05, 0.1) is 4.90 Å². The fourth-order valence-electron chi connectivity index (χ4n) is 2.08. The lowest BCUT2D eigenvalue weighted by atomic mass is 10.1. The topological polar surface area (TPSA) is 74.6 Å². The summed E-state index contributed by atoms with van der Waals surface area (Å²) in [7, 11) is -3.73. The summed E-state index contributed by atoms with van der Waals surface area (Å²) in [5.41, 5.74) is 0.980. The first-order valence-electron chi connectivity index (χ1n) is 4.93. The first-order valence-corrected chi connectivity index (χ1v) is 6.41. The van der Waals surface area contributed by atoms with E-state index in [-0.39, 0.29) is 9.79 Å². The Kier molecular flexibility index (Phi) is 1.80. The molecule has 0 saturated heterocycles. The quantitative estimate of drug-likeness (QED) is 0.596. The van der Waals surface area contributed by atoms with Crippen molar-refractivity contribution in [2.75, 3.05) is 0 Å². The maximum atomic E-state index is 12.2. The lowest BCUT2D eigenvalue weighted by Crippen LogP contribution is -1.96. The summed E-state index contributed by atoms with van der Waals surface area (Å²) in [5, 5.41) is 19.1. The predicted octanol–water partition coefficient (Wildman–Crippen LogP) is 1.91. The number of rotatable bonds is 0. The van der Waals surface area contributed by atoms with Gasteiger partial charge in [-0.1, -0.05) is 18.2 Å². The molecule has 3 rings (SSSR count). The first-order chi connectivity index (χ1) is 8.03. The van der Waals surface area contributed by atoms with E-state index in [1.54, 1.807) is 18.2 Å². The Morgan fingerprint density at radius 2 is 1.59 bits per heavy atom. The van der Waals surface area contributed by atoms with Crippen LogP contribution in [0.25, 0.3) is 11.1 Å². The first kappa shape index (κ1) is 10.2. The van der Waals surface area contributed by atoms with E-state index in [1.165, 1.54) is 18.2 Å². The normalized spacial score (nSPS) is 15.3. The van der Waals surface area contributed by atoms with E-state index in [9.17, 15) is 18.6 Å². The molecular formula is C12H8O4S. The van der Waals surface area contributed by atoms with Gasteiger partial charge in [0.25, 0.3) is 0 Å². The Balaban J connectivity index is 2.53. The van der Waals surface area contributed by atoms with Gasteiger partial charge in [-0.2, -0.15) is 0 Å². The average Bonchev–Trinajstić information content (AvgIpc) is 2.54. The smallest absolute Gasteiger partial charge is 0.211 e. The molecular weight excluding hydrogens is 240 g/mol. The van der Waals surface area contributed by atoms with Crippen LogP contribution < -0.4 is 0 Å². The van der Waals surface area contributed by atoms with Crippen LogP contribution in [-0.2, 0) is 9.84 Å². The molecule has 0 fully saturated rings. The Morgan fingerprint density at radius 3 is 2.35 bits per heavy atom. The van der Waals surface area contributed by atoms with E-state index in [1.807, 2.05) is 0 Å². The Hall–Kier alpha value is -2.01. The Labute approximate surface area is 97.7 Å². The summed E-state index contributed by atoms with van der Waals surface area (Å²) in [5.74, 6) is -1.01. The van der Waals surface area contributed by atoms with E-state index < -0.39 is 21.3 Å². The van der Waals surface area contributed by atoms with E-state index >= 15 is 0 Å². The number of aromatic hydroxyl groups is 2. The van der Waals surface area contributed by atoms with Crippen LogP contribution in [0.15, 0.2) is 46.2 Å². The molecule has 0 atom stereocenters. The van der Waals surface area contributed by atoms with Gasteiger partial charge in [-0.15, -0.1) is 0 Å². The molecule has 1 aliphatic rings. The molecule has 4 nitrogen and oxygen atoms in total. The van der Waals surface area contributed by atoms with Crippen LogP contribution in [0.3, 0.4) is 0 Å². The maximum Gasteiger partial charge on any atom is 0.211 e. The number of fused-ring (bicyclic) bond motifs is 3. The highest BCUT2D eigenvalue weighted by Gasteiger charge is 2.36. The number of phenols is 2. The van der Waals surface area contributed by atoms with Crippen LogP contribution in [0, 0.1) is 0 Å². The van der Waals surface area contributed by atoms with Crippen molar-refractivity contribution in [3.8, 4) is 22.6 Å². The highest BCUT2D eigenvalue weighted by molar-refractivity contribution is 7.92. The molecule has 0 unspecified atom stereocenters. The van der Waals surface area contributed by atoms with Crippen LogP contribution in [0.4, 0.5) is 0 Å². The highest BCUT2D eigenvalue weighted by Crippen LogP contribution is 2.49. The average molecular weight is 248 g/mol. The van der Waals surface area contributed by atoms with Crippen LogP contribution in [-0.4, -0.2) is 18.6 Å². The molecule has 86 valence electrons. The molecule has 0 bridgehead atoms. The van der Waals surface area contributed by atoms with E-state index in [2.05, 4.69) is 0 Å². The largest absolute Gasteiger partial charge is 0.504 e. The Morgan fingerprint density at radius 1 is 0.882 bits per heavy atom. The van der Waals surface area contributed by atoms with E-state index in [0.717, 1.165) is 0 Å². The summed E-state index contributed by atoms with van der Waals surface area (Å²) < 4.78 is 24.4. The standard InChI is InChI=1S/C12H8O4S/c13-9-6-5-8-7-3-1-2-4-10(7)17(15,16)12(8)11(9)14/h1-6,13-14H. The molecule has 2 aromatic rings. The second kappa shape index (κ2) is 3.01. The van der Waals surface area contributed by atoms with E-state index in [4.69, 9.17) is 0 Å². The van der Waals surface area contributed by atoms with Crippen LogP contribution >= 0.6 is 0 Å². The molecule has 0 saturated carbocycles. The van der Waals surface area contributed by atoms with Crippen molar-refractivity contribution >= 4 is 9.84 Å². The van der Waals surface area contributed by atoms with Crippen molar-refractivity contribution < 1.29 is 18.6 Å². The fraction of sp³-hybridized carbons (Fsp3) is 0. The fourth-order valence-corrected chi connectivity index (χ4v) is 3.85.